The van der Waals surface area contributed by atoms with Crippen LogP contribution in [-0.2, 0) is 6.42 Å². The van der Waals surface area contributed by atoms with Crippen LogP contribution in [0.2, 0.25) is 0 Å². The van der Waals surface area contributed by atoms with Crippen LogP contribution in [0.5, 0.6) is 5.75 Å². The topological polar surface area (TPSA) is 9.23 Å². The van der Waals surface area contributed by atoms with Crippen LogP contribution in [0.15, 0.2) is 18.2 Å². The quantitative estimate of drug-likeness (QED) is 0.699. The summed E-state index contributed by atoms with van der Waals surface area (Å²) >= 11 is 0. The molecule has 0 spiro atoms. The molecule has 0 aliphatic rings. The first-order valence-electron chi connectivity index (χ1n) is 5.19. The largest absolute Gasteiger partial charge is 0.493 e. The second kappa shape index (κ2) is 5.63. The molecular weight excluding hydrogens is 179 g/mol. The molecule has 1 aromatic rings. The molecule has 0 N–H and O–H groups in total. The van der Waals surface area contributed by atoms with Gasteiger partial charge in [-0.2, -0.15) is 0 Å². The Labute approximate surface area is 84.9 Å². The molecule has 0 amide bonds. The summed E-state index contributed by atoms with van der Waals surface area (Å²) in [6.07, 6.45) is 3.22. The van der Waals surface area contributed by atoms with E-state index in [9.17, 15) is 4.39 Å². The highest BCUT2D eigenvalue weighted by Gasteiger charge is 2.04. The van der Waals surface area contributed by atoms with Gasteiger partial charge in [0.05, 0.1) is 6.61 Å². The molecule has 1 nitrogen and oxygen atoms in total. The zero-order chi connectivity index (χ0) is 10.4. The summed E-state index contributed by atoms with van der Waals surface area (Å²) in [5.41, 5.74) is 1.11. The Balaban J connectivity index is 2.78. The summed E-state index contributed by atoms with van der Waals surface area (Å²) in [5.74, 6) is 0.467. The average molecular weight is 196 g/mol. The van der Waals surface area contributed by atoms with Crippen LogP contribution in [0.3, 0.4) is 0 Å². The lowest BCUT2D eigenvalue weighted by atomic mass is 10.1. The molecule has 1 rings (SSSR count). The normalized spacial score (nSPS) is 10.2. The monoisotopic (exact) mass is 196 g/mol. The summed E-state index contributed by atoms with van der Waals surface area (Å²) in [6, 6.07) is 4.78. The third kappa shape index (κ3) is 3.02. The number of hydrogen-bond acceptors (Lipinski definition) is 1. The van der Waals surface area contributed by atoms with E-state index < -0.39 is 0 Å². The van der Waals surface area contributed by atoms with Crippen molar-refractivity contribution in [2.75, 3.05) is 6.61 Å². The van der Waals surface area contributed by atoms with E-state index in [4.69, 9.17) is 4.74 Å². The van der Waals surface area contributed by atoms with Crippen LogP contribution in [-0.4, -0.2) is 6.61 Å². The van der Waals surface area contributed by atoms with E-state index in [1.54, 1.807) is 0 Å². The van der Waals surface area contributed by atoms with Crippen LogP contribution < -0.4 is 4.74 Å². The molecular formula is C12H17FO. The predicted octanol–water partition coefficient (Wildman–Crippen LogP) is 3.57. The predicted molar refractivity (Wildman–Crippen MR) is 56.2 cm³/mol. The summed E-state index contributed by atoms with van der Waals surface area (Å²) in [6.45, 7) is 4.64. The highest BCUT2D eigenvalue weighted by molar-refractivity contribution is 5.34. The van der Waals surface area contributed by atoms with Gasteiger partial charge >= 0.3 is 0 Å². The minimum absolute atomic E-state index is 0.228. The molecule has 0 heterocycles. The van der Waals surface area contributed by atoms with Crippen LogP contribution in [0, 0.1) is 5.82 Å². The lowest BCUT2D eigenvalue weighted by Crippen LogP contribution is -1.97. The first kappa shape index (κ1) is 11.0. The molecule has 0 radical (unpaired) electrons. The van der Waals surface area contributed by atoms with E-state index in [1.165, 1.54) is 12.1 Å². The lowest BCUT2D eigenvalue weighted by Gasteiger charge is -2.09. The smallest absolute Gasteiger partial charge is 0.126 e. The Morgan fingerprint density at radius 2 is 2.07 bits per heavy atom. The van der Waals surface area contributed by atoms with Crippen molar-refractivity contribution in [2.24, 2.45) is 0 Å². The maximum absolute atomic E-state index is 12.9. The fourth-order valence-electron chi connectivity index (χ4n) is 1.39. The van der Waals surface area contributed by atoms with Crippen molar-refractivity contribution in [2.45, 2.75) is 33.1 Å². The van der Waals surface area contributed by atoms with Crippen molar-refractivity contribution in [3.05, 3.63) is 29.6 Å². The fourth-order valence-corrected chi connectivity index (χ4v) is 1.39. The Morgan fingerprint density at radius 1 is 1.29 bits per heavy atom. The van der Waals surface area contributed by atoms with Crippen molar-refractivity contribution < 1.29 is 9.13 Å². The molecule has 0 aliphatic heterocycles. The van der Waals surface area contributed by atoms with Gasteiger partial charge in [-0.15, -0.1) is 0 Å². The summed E-state index contributed by atoms with van der Waals surface area (Å²) in [4.78, 5) is 0. The van der Waals surface area contributed by atoms with Crippen LogP contribution >= 0.6 is 0 Å². The van der Waals surface area contributed by atoms with Crippen LogP contribution in [0.25, 0.3) is 0 Å². The van der Waals surface area contributed by atoms with Gasteiger partial charge in [0.2, 0.25) is 0 Å². The van der Waals surface area contributed by atoms with Gasteiger partial charge in [0, 0.05) is 6.07 Å². The maximum Gasteiger partial charge on any atom is 0.126 e. The Bertz CT molecular complexity index is 284. The number of halogens is 1. The zero-order valence-corrected chi connectivity index (χ0v) is 8.85. The SMILES string of the molecule is CCCCc1ccc(F)cc1OCC. The summed E-state index contributed by atoms with van der Waals surface area (Å²) < 4.78 is 18.3. The second-order valence-corrected chi connectivity index (χ2v) is 3.29. The Hall–Kier alpha value is -1.05. The van der Waals surface area contributed by atoms with Gasteiger partial charge in [-0.3, -0.25) is 0 Å². The van der Waals surface area contributed by atoms with E-state index in [1.807, 2.05) is 13.0 Å². The third-order valence-electron chi connectivity index (χ3n) is 2.13. The number of aryl methyl sites for hydroxylation is 1. The highest BCUT2D eigenvalue weighted by atomic mass is 19.1. The van der Waals surface area contributed by atoms with Gasteiger partial charge in [-0.05, 0) is 31.4 Å². The Kier molecular flexibility index (Phi) is 4.44. The van der Waals surface area contributed by atoms with Crippen molar-refractivity contribution in [1.29, 1.82) is 0 Å². The van der Waals surface area contributed by atoms with Gasteiger partial charge in [-0.1, -0.05) is 19.4 Å². The highest BCUT2D eigenvalue weighted by Crippen LogP contribution is 2.21. The molecule has 14 heavy (non-hydrogen) atoms. The van der Waals surface area contributed by atoms with Crippen molar-refractivity contribution >= 4 is 0 Å². The van der Waals surface area contributed by atoms with E-state index in [0.717, 1.165) is 24.8 Å². The second-order valence-electron chi connectivity index (χ2n) is 3.29. The first-order valence-corrected chi connectivity index (χ1v) is 5.19. The van der Waals surface area contributed by atoms with Crippen molar-refractivity contribution in [3.63, 3.8) is 0 Å². The number of ether oxygens (including phenoxy) is 1. The van der Waals surface area contributed by atoms with E-state index in [0.29, 0.717) is 12.4 Å². The molecule has 2 heteroatoms. The first-order chi connectivity index (χ1) is 6.77. The molecule has 78 valence electrons. The van der Waals surface area contributed by atoms with Gasteiger partial charge in [-0.25, -0.2) is 4.39 Å². The minimum Gasteiger partial charge on any atom is -0.493 e. The number of rotatable bonds is 5. The standard InChI is InChI=1S/C12H17FO/c1-3-5-6-10-7-8-11(13)9-12(10)14-4-2/h7-9H,3-6H2,1-2H3. The van der Waals surface area contributed by atoms with Gasteiger partial charge in [0.25, 0.3) is 0 Å². The number of hydrogen-bond donors (Lipinski definition) is 0. The molecule has 1 aromatic carbocycles. The van der Waals surface area contributed by atoms with Crippen LogP contribution in [0.1, 0.15) is 32.3 Å². The van der Waals surface area contributed by atoms with Gasteiger partial charge in [0.1, 0.15) is 11.6 Å². The zero-order valence-electron chi connectivity index (χ0n) is 8.85. The molecule has 0 aliphatic carbocycles. The lowest BCUT2D eigenvalue weighted by molar-refractivity contribution is 0.334. The number of unbranched alkanes of at least 4 members (excludes halogenated alkanes) is 1. The molecule has 0 saturated heterocycles. The summed E-state index contributed by atoms with van der Waals surface area (Å²) in [5, 5.41) is 0. The van der Waals surface area contributed by atoms with Crippen molar-refractivity contribution in [1.82, 2.24) is 0 Å². The van der Waals surface area contributed by atoms with E-state index >= 15 is 0 Å². The average Bonchev–Trinajstić information content (AvgIpc) is 2.17. The summed E-state index contributed by atoms with van der Waals surface area (Å²) in [7, 11) is 0. The molecule has 0 aromatic heterocycles. The fraction of sp³-hybridized carbons (Fsp3) is 0.500. The Morgan fingerprint density at radius 3 is 2.71 bits per heavy atom. The molecule has 0 fully saturated rings. The van der Waals surface area contributed by atoms with Gasteiger partial charge in [0.15, 0.2) is 0 Å². The van der Waals surface area contributed by atoms with E-state index in [-0.39, 0.29) is 5.82 Å². The maximum atomic E-state index is 12.9. The molecule has 0 atom stereocenters. The molecule has 0 bridgehead atoms. The van der Waals surface area contributed by atoms with Crippen molar-refractivity contribution in [3.8, 4) is 5.75 Å². The molecule has 0 saturated carbocycles. The minimum atomic E-state index is -0.228. The van der Waals surface area contributed by atoms with E-state index in [2.05, 4.69) is 6.92 Å². The van der Waals surface area contributed by atoms with Gasteiger partial charge < -0.3 is 4.74 Å². The van der Waals surface area contributed by atoms with Crippen LogP contribution in [0.4, 0.5) is 4.39 Å². The third-order valence-corrected chi connectivity index (χ3v) is 2.13. The number of benzene rings is 1. The molecule has 0 unspecified atom stereocenters.